The molecule has 1 saturated carbocycles. The Morgan fingerprint density at radius 2 is 2.20 bits per heavy atom. The van der Waals surface area contributed by atoms with Crippen LogP contribution in [-0.4, -0.2) is 19.0 Å². The summed E-state index contributed by atoms with van der Waals surface area (Å²) < 4.78 is 0. The second-order valence-corrected chi connectivity index (χ2v) is 2.93. The zero-order valence-corrected chi connectivity index (χ0v) is 6.46. The minimum Gasteiger partial charge on any atom is -0.383 e. The predicted molar refractivity (Wildman–Crippen MR) is 40.1 cm³/mol. The zero-order valence-electron chi connectivity index (χ0n) is 6.46. The van der Waals surface area contributed by atoms with Crippen molar-refractivity contribution in [3.05, 3.63) is 11.8 Å². The van der Waals surface area contributed by atoms with E-state index < -0.39 is 0 Å². The van der Waals surface area contributed by atoms with Crippen LogP contribution < -0.4 is 0 Å². The van der Waals surface area contributed by atoms with Crippen LogP contribution in [0.2, 0.25) is 0 Å². The number of hydrogen-bond donors (Lipinski definition) is 0. The monoisotopic (exact) mass is 136 g/mol. The Labute approximate surface area is 61.8 Å². The predicted octanol–water partition coefficient (Wildman–Crippen LogP) is 1.37. The first-order chi connectivity index (χ1) is 4.74. The maximum Gasteiger partial charge on any atom is 0.0965 e. The van der Waals surface area contributed by atoms with E-state index in [0.717, 1.165) is 5.57 Å². The van der Waals surface area contributed by atoms with E-state index in [9.17, 15) is 0 Å². The van der Waals surface area contributed by atoms with Gasteiger partial charge in [0.15, 0.2) is 0 Å². The van der Waals surface area contributed by atoms with Gasteiger partial charge in [0.1, 0.15) is 0 Å². The normalized spacial score (nSPS) is 18.3. The SMILES string of the molecule is CN(C)C=C(C#N)C1CC1. The van der Waals surface area contributed by atoms with Crippen LogP contribution in [0.1, 0.15) is 12.8 Å². The Morgan fingerprint density at radius 1 is 1.60 bits per heavy atom. The molecule has 1 rings (SSSR count). The van der Waals surface area contributed by atoms with Crippen LogP contribution in [-0.2, 0) is 0 Å². The van der Waals surface area contributed by atoms with Gasteiger partial charge < -0.3 is 4.90 Å². The van der Waals surface area contributed by atoms with Gasteiger partial charge in [0.05, 0.1) is 6.07 Å². The average molecular weight is 136 g/mol. The molecular formula is C8H12N2. The standard InChI is InChI=1S/C8H12N2/c1-10(2)6-8(5-9)7-3-4-7/h6-7H,3-4H2,1-2H3. The molecular weight excluding hydrogens is 124 g/mol. The molecule has 0 radical (unpaired) electrons. The van der Waals surface area contributed by atoms with E-state index in [2.05, 4.69) is 6.07 Å². The van der Waals surface area contributed by atoms with Crippen molar-refractivity contribution >= 4 is 0 Å². The molecule has 1 fully saturated rings. The molecule has 0 aromatic carbocycles. The van der Waals surface area contributed by atoms with Crippen molar-refractivity contribution in [1.82, 2.24) is 4.90 Å². The molecule has 1 aliphatic carbocycles. The lowest BCUT2D eigenvalue weighted by molar-refractivity contribution is 0.556. The summed E-state index contributed by atoms with van der Waals surface area (Å²) in [4.78, 5) is 1.93. The van der Waals surface area contributed by atoms with Crippen LogP contribution in [0.4, 0.5) is 0 Å². The Morgan fingerprint density at radius 3 is 2.50 bits per heavy atom. The van der Waals surface area contributed by atoms with Crippen molar-refractivity contribution in [2.24, 2.45) is 5.92 Å². The summed E-state index contributed by atoms with van der Waals surface area (Å²) in [6.45, 7) is 0. The fourth-order valence-electron chi connectivity index (χ4n) is 0.898. The summed E-state index contributed by atoms with van der Waals surface area (Å²) >= 11 is 0. The molecule has 0 spiro atoms. The van der Waals surface area contributed by atoms with Crippen molar-refractivity contribution in [2.45, 2.75) is 12.8 Å². The summed E-state index contributed by atoms with van der Waals surface area (Å²) in [7, 11) is 3.89. The zero-order chi connectivity index (χ0) is 7.56. The van der Waals surface area contributed by atoms with Gasteiger partial charge in [-0.2, -0.15) is 5.26 Å². The van der Waals surface area contributed by atoms with Crippen molar-refractivity contribution in [1.29, 1.82) is 5.26 Å². The van der Waals surface area contributed by atoms with Gasteiger partial charge in [-0.15, -0.1) is 0 Å². The first-order valence-corrected chi connectivity index (χ1v) is 3.52. The Balaban J connectivity index is 2.56. The molecule has 54 valence electrons. The lowest BCUT2D eigenvalue weighted by Crippen LogP contribution is -2.02. The lowest BCUT2D eigenvalue weighted by atomic mass is 10.2. The largest absolute Gasteiger partial charge is 0.383 e. The van der Waals surface area contributed by atoms with E-state index in [0.29, 0.717) is 5.92 Å². The quantitative estimate of drug-likeness (QED) is 0.536. The summed E-state index contributed by atoms with van der Waals surface area (Å²) in [6, 6.07) is 2.21. The summed E-state index contributed by atoms with van der Waals surface area (Å²) in [6.07, 6.45) is 4.32. The number of nitrogens with zero attached hydrogens (tertiary/aromatic N) is 2. The highest BCUT2D eigenvalue weighted by Crippen LogP contribution is 2.35. The molecule has 1 aliphatic rings. The second kappa shape index (κ2) is 2.74. The van der Waals surface area contributed by atoms with Gasteiger partial charge in [0, 0.05) is 25.9 Å². The molecule has 10 heavy (non-hydrogen) atoms. The molecule has 0 heterocycles. The molecule has 2 heteroatoms. The molecule has 0 N–H and O–H groups in total. The summed E-state index contributed by atoms with van der Waals surface area (Å²) in [5, 5.41) is 8.64. The molecule has 0 aromatic rings. The van der Waals surface area contributed by atoms with Gasteiger partial charge in [-0.1, -0.05) is 0 Å². The number of allylic oxidation sites excluding steroid dienone is 1. The van der Waals surface area contributed by atoms with Gasteiger partial charge in [-0.05, 0) is 18.8 Å². The highest BCUT2D eigenvalue weighted by Gasteiger charge is 2.25. The fraction of sp³-hybridized carbons (Fsp3) is 0.625. The molecule has 0 aliphatic heterocycles. The van der Waals surface area contributed by atoms with E-state index in [1.807, 2.05) is 25.2 Å². The molecule has 0 unspecified atom stereocenters. The van der Waals surface area contributed by atoms with Gasteiger partial charge in [-0.3, -0.25) is 0 Å². The van der Waals surface area contributed by atoms with Gasteiger partial charge in [0.2, 0.25) is 0 Å². The maximum absolute atomic E-state index is 8.64. The molecule has 0 amide bonds. The third kappa shape index (κ3) is 1.77. The fourth-order valence-corrected chi connectivity index (χ4v) is 0.898. The minimum atomic E-state index is 0.576. The van der Waals surface area contributed by atoms with Crippen LogP contribution in [0.25, 0.3) is 0 Å². The van der Waals surface area contributed by atoms with Crippen molar-refractivity contribution in [3.8, 4) is 6.07 Å². The van der Waals surface area contributed by atoms with Gasteiger partial charge in [0.25, 0.3) is 0 Å². The third-order valence-electron chi connectivity index (χ3n) is 1.54. The van der Waals surface area contributed by atoms with Crippen LogP contribution in [0.3, 0.4) is 0 Å². The molecule has 0 bridgehead atoms. The summed E-state index contributed by atoms with van der Waals surface area (Å²) in [5.41, 5.74) is 0.935. The first-order valence-electron chi connectivity index (χ1n) is 3.52. The van der Waals surface area contributed by atoms with Crippen molar-refractivity contribution in [2.75, 3.05) is 14.1 Å². The van der Waals surface area contributed by atoms with E-state index >= 15 is 0 Å². The van der Waals surface area contributed by atoms with Crippen molar-refractivity contribution in [3.63, 3.8) is 0 Å². The Hall–Kier alpha value is -0.970. The van der Waals surface area contributed by atoms with E-state index in [1.54, 1.807) is 0 Å². The minimum absolute atomic E-state index is 0.576. The number of nitriles is 1. The van der Waals surface area contributed by atoms with E-state index in [-0.39, 0.29) is 0 Å². The lowest BCUT2D eigenvalue weighted by Gasteiger charge is -2.04. The highest BCUT2D eigenvalue weighted by molar-refractivity contribution is 5.26. The Kier molecular flexibility index (Phi) is 1.96. The van der Waals surface area contributed by atoms with Crippen LogP contribution in [0.15, 0.2) is 11.8 Å². The van der Waals surface area contributed by atoms with Crippen molar-refractivity contribution < 1.29 is 0 Å². The van der Waals surface area contributed by atoms with Crippen LogP contribution in [0, 0.1) is 17.2 Å². The Bertz CT molecular complexity index is 182. The third-order valence-corrected chi connectivity index (χ3v) is 1.54. The number of hydrogen-bond acceptors (Lipinski definition) is 2. The first kappa shape index (κ1) is 7.14. The van der Waals surface area contributed by atoms with Crippen LogP contribution >= 0.6 is 0 Å². The maximum atomic E-state index is 8.64. The smallest absolute Gasteiger partial charge is 0.0965 e. The average Bonchev–Trinajstić information content (AvgIpc) is 2.63. The molecule has 0 saturated heterocycles. The van der Waals surface area contributed by atoms with Gasteiger partial charge in [-0.25, -0.2) is 0 Å². The van der Waals surface area contributed by atoms with E-state index in [1.165, 1.54) is 12.8 Å². The molecule has 0 aromatic heterocycles. The molecule has 0 atom stereocenters. The van der Waals surface area contributed by atoms with Gasteiger partial charge >= 0.3 is 0 Å². The molecule has 2 nitrogen and oxygen atoms in total. The number of rotatable bonds is 2. The van der Waals surface area contributed by atoms with E-state index in [4.69, 9.17) is 5.26 Å². The second-order valence-electron chi connectivity index (χ2n) is 2.93. The summed E-state index contributed by atoms with van der Waals surface area (Å²) in [5.74, 6) is 0.576. The van der Waals surface area contributed by atoms with Crippen LogP contribution in [0.5, 0.6) is 0 Å². The topological polar surface area (TPSA) is 27.0 Å². The highest BCUT2D eigenvalue weighted by atomic mass is 15.0.